The number of rotatable bonds is 4. The number of nitriles is 1. The minimum absolute atomic E-state index is 0.105. The van der Waals surface area contributed by atoms with Gasteiger partial charge in [-0.25, -0.2) is 9.37 Å². The van der Waals surface area contributed by atoms with Crippen molar-refractivity contribution < 1.29 is 9.13 Å². The number of fused-ring (bicyclic) bond motifs is 2. The third kappa shape index (κ3) is 4.12. The van der Waals surface area contributed by atoms with Crippen LogP contribution in [0.4, 0.5) is 4.39 Å². The van der Waals surface area contributed by atoms with Crippen LogP contribution in [0, 0.1) is 29.0 Å². The number of aromatic nitrogens is 1. The fourth-order valence-corrected chi connectivity index (χ4v) is 4.19. The van der Waals surface area contributed by atoms with Gasteiger partial charge in [-0.2, -0.15) is 5.26 Å². The van der Waals surface area contributed by atoms with E-state index in [-0.39, 0.29) is 6.61 Å². The standard InChI is InChI=1S/C20H20FN3O.C2H6/c1-24-10-15-8-16(11-24)20(15)18-3-2-4-19(23-18)25-12-14-6-5-13(9-22)7-17(14)21;1-2/h2-7,15-16,20H,8,10-12H2,1H3;1-2H3. The molecule has 1 saturated carbocycles. The molecule has 3 heterocycles. The number of piperidine rings is 2. The van der Waals surface area contributed by atoms with Crippen molar-refractivity contribution in [3.05, 3.63) is 59.0 Å². The largest absolute Gasteiger partial charge is 0.473 e. The number of hydrogen-bond acceptors (Lipinski definition) is 4. The van der Waals surface area contributed by atoms with Crippen LogP contribution in [-0.2, 0) is 6.61 Å². The molecule has 0 N–H and O–H groups in total. The molecule has 3 fully saturated rings. The van der Waals surface area contributed by atoms with E-state index >= 15 is 0 Å². The van der Waals surface area contributed by atoms with Crippen LogP contribution in [0.3, 0.4) is 0 Å². The summed E-state index contributed by atoms with van der Waals surface area (Å²) < 4.78 is 19.7. The van der Waals surface area contributed by atoms with Gasteiger partial charge >= 0.3 is 0 Å². The maximum atomic E-state index is 13.9. The Bertz CT molecular complexity index is 821. The summed E-state index contributed by atoms with van der Waals surface area (Å²) in [4.78, 5) is 7.06. The van der Waals surface area contributed by atoms with Gasteiger partial charge in [0.15, 0.2) is 0 Å². The van der Waals surface area contributed by atoms with Crippen molar-refractivity contribution in [3.8, 4) is 11.9 Å². The predicted molar refractivity (Wildman–Crippen MR) is 103 cm³/mol. The maximum absolute atomic E-state index is 13.9. The van der Waals surface area contributed by atoms with Gasteiger partial charge in [0.2, 0.25) is 5.88 Å². The summed E-state index contributed by atoms with van der Waals surface area (Å²) >= 11 is 0. The Kier molecular flexibility index (Phi) is 6.08. The van der Waals surface area contributed by atoms with Crippen LogP contribution in [0.25, 0.3) is 0 Å². The van der Waals surface area contributed by atoms with Gasteiger partial charge in [0, 0.05) is 36.3 Å². The zero-order chi connectivity index (χ0) is 19.4. The molecule has 1 aliphatic carbocycles. The second kappa shape index (κ2) is 8.49. The van der Waals surface area contributed by atoms with E-state index in [1.165, 1.54) is 12.5 Å². The Labute approximate surface area is 160 Å². The van der Waals surface area contributed by atoms with Crippen molar-refractivity contribution in [1.29, 1.82) is 5.26 Å². The average Bonchev–Trinajstić information content (AvgIpc) is 2.68. The van der Waals surface area contributed by atoms with Crippen molar-refractivity contribution in [1.82, 2.24) is 9.88 Å². The topological polar surface area (TPSA) is 49.1 Å². The molecule has 0 spiro atoms. The van der Waals surface area contributed by atoms with Gasteiger partial charge in [0.05, 0.1) is 11.6 Å². The van der Waals surface area contributed by atoms with E-state index in [0.717, 1.165) is 18.8 Å². The van der Waals surface area contributed by atoms with E-state index < -0.39 is 5.82 Å². The molecular weight excluding hydrogens is 341 g/mol. The second-order valence-electron chi connectivity index (χ2n) is 7.11. The first-order valence-corrected chi connectivity index (χ1v) is 9.61. The summed E-state index contributed by atoms with van der Waals surface area (Å²) in [6.07, 6.45) is 1.29. The maximum Gasteiger partial charge on any atom is 0.213 e. The van der Waals surface area contributed by atoms with Crippen molar-refractivity contribution in [2.75, 3.05) is 20.1 Å². The molecule has 3 aliphatic rings. The number of pyridine rings is 1. The van der Waals surface area contributed by atoms with Crippen molar-refractivity contribution in [2.24, 2.45) is 11.8 Å². The Morgan fingerprint density at radius 3 is 2.63 bits per heavy atom. The summed E-state index contributed by atoms with van der Waals surface area (Å²) in [5, 5.41) is 8.80. The lowest BCUT2D eigenvalue weighted by Crippen LogP contribution is -2.52. The first-order chi connectivity index (χ1) is 13.1. The van der Waals surface area contributed by atoms with E-state index in [4.69, 9.17) is 10.00 Å². The normalized spacial score (nSPS) is 23.4. The molecule has 4 nitrogen and oxygen atoms in total. The molecule has 2 atom stereocenters. The highest BCUT2D eigenvalue weighted by Crippen LogP contribution is 2.50. The second-order valence-corrected chi connectivity index (χ2v) is 7.11. The van der Waals surface area contributed by atoms with E-state index in [0.29, 0.717) is 34.8 Å². The summed E-state index contributed by atoms with van der Waals surface area (Å²) in [7, 11) is 2.18. The molecular formula is C22H26FN3O. The van der Waals surface area contributed by atoms with Crippen LogP contribution in [0.2, 0.25) is 0 Å². The molecule has 2 aromatic rings. The zero-order valence-corrected chi connectivity index (χ0v) is 16.2. The minimum Gasteiger partial charge on any atom is -0.473 e. The van der Waals surface area contributed by atoms with Crippen LogP contribution >= 0.6 is 0 Å². The van der Waals surface area contributed by atoms with Gasteiger partial charge in [0.1, 0.15) is 12.4 Å². The van der Waals surface area contributed by atoms with Crippen LogP contribution in [-0.4, -0.2) is 30.0 Å². The quantitative estimate of drug-likeness (QED) is 0.805. The number of benzene rings is 1. The van der Waals surface area contributed by atoms with Gasteiger partial charge in [-0.15, -0.1) is 0 Å². The van der Waals surface area contributed by atoms with Crippen LogP contribution in [0.5, 0.6) is 5.88 Å². The summed E-state index contributed by atoms with van der Waals surface area (Å²) in [5.74, 6) is 1.99. The number of ether oxygens (including phenoxy) is 1. The molecule has 2 aliphatic heterocycles. The van der Waals surface area contributed by atoms with Crippen LogP contribution in [0.1, 0.15) is 43.0 Å². The zero-order valence-electron chi connectivity index (χ0n) is 16.2. The average molecular weight is 367 g/mol. The van der Waals surface area contributed by atoms with Crippen LogP contribution < -0.4 is 4.74 Å². The number of halogens is 1. The first-order valence-electron chi connectivity index (χ1n) is 9.61. The molecule has 5 rings (SSSR count). The van der Waals surface area contributed by atoms with E-state index in [1.54, 1.807) is 12.1 Å². The number of nitrogens with zero attached hydrogens (tertiary/aromatic N) is 3. The van der Waals surface area contributed by atoms with E-state index in [9.17, 15) is 4.39 Å². The Hall–Kier alpha value is -2.45. The molecule has 0 amide bonds. The lowest BCUT2D eigenvalue weighted by atomic mass is 9.60. The molecule has 2 bridgehead atoms. The first kappa shape index (κ1) is 19.3. The highest BCUT2D eigenvalue weighted by Gasteiger charge is 2.47. The number of hydrogen-bond donors (Lipinski definition) is 0. The highest BCUT2D eigenvalue weighted by molar-refractivity contribution is 5.33. The molecule has 2 saturated heterocycles. The fraction of sp³-hybridized carbons (Fsp3) is 0.455. The smallest absolute Gasteiger partial charge is 0.213 e. The third-order valence-electron chi connectivity index (χ3n) is 5.36. The molecule has 1 aromatic heterocycles. The molecule has 0 radical (unpaired) electrons. The third-order valence-corrected chi connectivity index (χ3v) is 5.36. The fourth-order valence-electron chi connectivity index (χ4n) is 4.19. The lowest BCUT2D eigenvalue weighted by molar-refractivity contribution is 0.0108. The van der Waals surface area contributed by atoms with Gasteiger partial charge in [0.25, 0.3) is 0 Å². The van der Waals surface area contributed by atoms with Crippen molar-refractivity contribution >= 4 is 0 Å². The Morgan fingerprint density at radius 1 is 1.22 bits per heavy atom. The molecule has 142 valence electrons. The highest BCUT2D eigenvalue weighted by atomic mass is 19.1. The van der Waals surface area contributed by atoms with Crippen molar-refractivity contribution in [2.45, 2.75) is 32.8 Å². The molecule has 5 heteroatoms. The Balaban J connectivity index is 0.00000102. The monoisotopic (exact) mass is 367 g/mol. The van der Waals surface area contributed by atoms with Gasteiger partial charge < -0.3 is 9.64 Å². The molecule has 2 unspecified atom stereocenters. The van der Waals surface area contributed by atoms with Gasteiger partial charge in [-0.3, -0.25) is 0 Å². The SMILES string of the molecule is CC.CN1CC2CC(C1)C2c1cccc(OCc2ccc(C#N)cc2F)n1. The summed E-state index contributed by atoms with van der Waals surface area (Å²) in [6.45, 7) is 6.36. The lowest BCUT2D eigenvalue weighted by Gasteiger charge is -2.52. The Morgan fingerprint density at radius 2 is 1.96 bits per heavy atom. The summed E-state index contributed by atoms with van der Waals surface area (Å²) in [6, 6.07) is 12.2. The van der Waals surface area contributed by atoms with Gasteiger partial charge in [-0.05, 0) is 43.5 Å². The van der Waals surface area contributed by atoms with E-state index in [2.05, 4.69) is 23.0 Å². The van der Waals surface area contributed by atoms with Crippen molar-refractivity contribution in [3.63, 3.8) is 0 Å². The molecule has 27 heavy (non-hydrogen) atoms. The summed E-state index contributed by atoms with van der Waals surface area (Å²) in [5.41, 5.74) is 1.82. The minimum atomic E-state index is -0.424. The predicted octanol–water partition coefficient (Wildman–Crippen LogP) is 4.36. The van der Waals surface area contributed by atoms with Gasteiger partial charge in [-0.1, -0.05) is 26.0 Å². The van der Waals surface area contributed by atoms with E-state index in [1.807, 2.05) is 32.0 Å². The van der Waals surface area contributed by atoms with Crippen LogP contribution in [0.15, 0.2) is 36.4 Å². The molecule has 1 aromatic carbocycles.